The number of nitrogens with zero attached hydrogens (tertiary/aromatic N) is 4. The molecule has 2 atom stereocenters. The summed E-state index contributed by atoms with van der Waals surface area (Å²) in [7, 11) is 0. The van der Waals surface area contributed by atoms with Crippen LogP contribution in [0.1, 0.15) is 12.8 Å². The van der Waals surface area contributed by atoms with Gasteiger partial charge in [0.15, 0.2) is 0 Å². The smallest absolute Gasteiger partial charge is 0.390 e. The van der Waals surface area contributed by atoms with Gasteiger partial charge in [-0.3, -0.25) is 9.88 Å². The van der Waals surface area contributed by atoms with E-state index in [0.29, 0.717) is 10.9 Å². The van der Waals surface area contributed by atoms with Gasteiger partial charge in [-0.05, 0) is 29.7 Å². The Bertz CT molecular complexity index is 1290. The van der Waals surface area contributed by atoms with E-state index in [1.165, 1.54) is 6.33 Å². The number of piperazine rings is 1. The van der Waals surface area contributed by atoms with Crippen LogP contribution in [0.5, 0.6) is 5.88 Å². The van der Waals surface area contributed by atoms with E-state index in [4.69, 9.17) is 4.74 Å². The van der Waals surface area contributed by atoms with Gasteiger partial charge in [-0.2, -0.15) is 0 Å². The summed E-state index contributed by atoms with van der Waals surface area (Å²) in [6.45, 7) is 1.62. The maximum absolute atomic E-state index is 12.9. The minimum Gasteiger partial charge on any atom is -0.390 e. The molecule has 1 amide bonds. The Hall–Kier alpha value is -3.58. The van der Waals surface area contributed by atoms with Crippen molar-refractivity contribution in [3.63, 3.8) is 0 Å². The first kappa shape index (κ1) is 18.2. The molecule has 31 heavy (non-hydrogen) atoms. The quantitative estimate of drug-likeness (QED) is 0.541. The Labute approximate surface area is 179 Å². The summed E-state index contributed by atoms with van der Waals surface area (Å²) in [5.74, 6) is 0.255. The number of aromatic nitrogens is 3. The Balaban J connectivity index is 1.35. The molecule has 2 bridgehead atoms. The van der Waals surface area contributed by atoms with Crippen LogP contribution in [0.2, 0.25) is 0 Å². The molecular weight excluding hydrogens is 390 g/mol. The van der Waals surface area contributed by atoms with Crippen LogP contribution in [0.25, 0.3) is 32.9 Å². The minimum absolute atomic E-state index is 0.190. The summed E-state index contributed by atoms with van der Waals surface area (Å²) in [6, 6.07) is 16.7. The van der Waals surface area contributed by atoms with Gasteiger partial charge in [0.05, 0.1) is 16.6 Å². The number of carbonyl (C=O) groups excluding carboxylic acids is 1. The number of ether oxygens (including phenoxy) is 1. The number of fused-ring (bicyclic) bond motifs is 4. The van der Waals surface area contributed by atoms with Crippen LogP contribution in [-0.4, -0.2) is 51.1 Å². The molecule has 2 fully saturated rings. The number of hydrogen-bond donors (Lipinski definition) is 1. The molecule has 2 aliphatic rings. The monoisotopic (exact) mass is 411 g/mol. The lowest BCUT2D eigenvalue weighted by Gasteiger charge is -2.34. The lowest BCUT2D eigenvalue weighted by Crippen LogP contribution is -2.55. The van der Waals surface area contributed by atoms with Crippen LogP contribution in [0.15, 0.2) is 61.1 Å². The van der Waals surface area contributed by atoms with Gasteiger partial charge in [0.25, 0.3) is 0 Å². The molecule has 6 rings (SSSR count). The van der Waals surface area contributed by atoms with E-state index in [1.54, 1.807) is 6.20 Å². The fourth-order valence-corrected chi connectivity index (χ4v) is 4.82. The molecule has 7 heteroatoms. The van der Waals surface area contributed by atoms with E-state index in [1.807, 2.05) is 29.2 Å². The predicted octanol–water partition coefficient (Wildman–Crippen LogP) is 3.78. The van der Waals surface area contributed by atoms with Crippen molar-refractivity contribution in [3.8, 4) is 17.1 Å². The Morgan fingerprint density at radius 2 is 1.77 bits per heavy atom. The topological polar surface area (TPSA) is 80.2 Å². The highest BCUT2D eigenvalue weighted by molar-refractivity contribution is 5.97. The second-order valence-corrected chi connectivity index (χ2v) is 8.11. The largest absolute Gasteiger partial charge is 0.417 e. The molecular formula is C24H21N5O2. The number of nitrogens with one attached hydrogen (secondary N) is 1. The Morgan fingerprint density at radius 1 is 0.968 bits per heavy atom. The van der Waals surface area contributed by atoms with Crippen LogP contribution >= 0.6 is 0 Å². The predicted molar refractivity (Wildman–Crippen MR) is 118 cm³/mol. The molecule has 2 unspecified atom stereocenters. The van der Waals surface area contributed by atoms with Gasteiger partial charge in [0, 0.05) is 36.9 Å². The molecule has 1 N–H and O–H groups in total. The second-order valence-electron chi connectivity index (χ2n) is 8.11. The molecule has 0 spiro atoms. The van der Waals surface area contributed by atoms with Crippen molar-refractivity contribution in [3.05, 3.63) is 61.1 Å². The summed E-state index contributed by atoms with van der Waals surface area (Å²) in [5.41, 5.74) is 2.55. The summed E-state index contributed by atoms with van der Waals surface area (Å²) in [5, 5.41) is 6.29. The van der Waals surface area contributed by atoms with Gasteiger partial charge in [0.2, 0.25) is 5.88 Å². The van der Waals surface area contributed by atoms with Gasteiger partial charge < -0.3 is 10.1 Å². The van der Waals surface area contributed by atoms with Crippen LogP contribution in [-0.2, 0) is 0 Å². The molecule has 2 aromatic carbocycles. The molecule has 2 aromatic heterocycles. The number of hydrogen-bond acceptors (Lipinski definition) is 6. The van der Waals surface area contributed by atoms with Crippen molar-refractivity contribution in [2.24, 2.45) is 0 Å². The van der Waals surface area contributed by atoms with Crippen molar-refractivity contribution in [1.82, 2.24) is 25.2 Å². The van der Waals surface area contributed by atoms with Crippen LogP contribution in [0.3, 0.4) is 0 Å². The molecule has 2 saturated heterocycles. The third-order valence-corrected chi connectivity index (χ3v) is 6.32. The van der Waals surface area contributed by atoms with Crippen LogP contribution < -0.4 is 10.1 Å². The molecule has 2 aliphatic heterocycles. The van der Waals surface area contributed by atoms with Crippen molar-refractivity contribution < 1.29 is 9.53 Å². The molecule has 7 nitrogen and oxygen atoms in total. The lowest BCUT2D eigenvalue weighted by atomic mass is 10.0. The first-order valence-electron chi connectivity index (χ1n) is 10.6. The van der Waals surface area contributed by atoms with E-state index in [-0.39, 0.29) is 24.1 Å². The zero-order valence-electron chi connectivity index (χ0n) is 16.9. The Morgan fingerprint density at radius 3 is 2.65 bits per heavy atom. The average molecular weight is 411 g/mol. The highest BCUT2D eigenvalue weighted by Crippen LogP contribution is 2.31. The first-order valence-corrected chi connectivity index (χ1v) is 10.6. The molecule has 0 aliphatic carbocycles. The highest BCUT2D eigenvalue weighted by Gasteiger charge is 2.40. The number of amides is 1. The van der Waals surface area contributed by atoms with Gasteiger partial charge in [-0.15, -0.1) is 0 Å². The van der Waals surface area contributed by atoms with Gasteiger partial charge in [-0.1, -0.05) is 42.5 Å². The van der Waals surface area contributed by atoms with E-state index in [2.05, 4.69) is 44.5 Å². The fourth-order valence-electron chi connectivity index (χ4n) is 4.82. The molecule has 4 aromatic rings. The van der Waals surface area contributed by atoms with E-state index in [9.17, 15) is 4.79 Å². The number of pyridine rings is 1. The normalized spacial score (nSPS) is 20.3. The van der Waals surface area contributed by atoms with Gasteiger partial charge in [0.1, 0.15) is 6.33 Å². The zero-order chi connectivity index (χ0) is 20.8. The van der Waals surface area contributed by atoms with Crippen molar-refractivity contribution in [1.29, 1.82) is 0 Å². The van der Waals surface area contributed by atoms with E-state index >= 15 is 0 Å². The van der Waals surface area contributed by atoms with Crippen molar-refractivity contribution >= 4 is 27.8 Å². The third-order valence-electron chi connectivity index (χ3n) is 6.32. The van der Waals surface area contributed by atoms with Gasteiger partial charge >= 0.3 is 6.09 Å². The first-order chi connectivity index (χ1) is 15.3. The summed E-state index contributed by atoms with van der Waals surface area (Å²) in [4.78, 5) is 28.1. The fraction of sp³-hybridized carbons (Fsp3) is 0.250. The third kappa shape index (κ3) is 3.09. The average Bonchev–Trinajstić information content (AvgIpc) is 3.07. The number of carbonyl (C=O) groups is 1. The van der Waals surface area contributed by atoms with E-state index in [0.717, 1.165) is 48.0 Å². The highest BCUT2D eigenvalue weighted by atomic mass is 16.6. The van der Waals surface area contributed by atoms with E-state index < -0.39 is 0 Å². The lowest BCUT2D eigenvalue weighted by molar-refractivity contribution is 0.114. The maximum atomic E-state index is 12.9. The molecule has 154 valence electrons. The number of benzene rings is 2. The zero-order valence-corrected chi connectivity index (χ0v) is 16.9. The summed E-state index contributed by atoms with van der Waals surface area (Å²) >= 11 is 0. The molecule has 0 radical (unpaired) electrons. The minimum atomic E-state index is -0.341. The van der Waals surface area contributed by atoms with Gasteiger partial charge in [-0.25, -0.2) is 14.8 Å². The van der Waals surface area contributed by atoms with Crippen LogP contribution in [0.4, 0.5) is 4.79 Å². The molecule has 4 heterocycles. The second kappa shape index (κ2) is 7.28. The SMILES string of the molecule is O=C(Oc1ncnc2cc(-c3cccc4ccccc34)ncc12)N1C2CCC1CNC2. The van der Waals surface area contributed by atoms with Crippen LogP contribution in [0, 0.1) is 0 Å². The maximum Gasteiger partial charge on any atom is 0.417 e. The van der Waals surface area contributed by atoms with Crippen molar-refractivity contribution in [2.45, 2.75) is 24.9 Å². The Kier molecular flexibility index (Phi) is 4.28. The molecule has 0 saturated carbocycles. The summed E-state index contributed by atoms with van der Waals surface area (Å²) in [6.07, 6.45) is 4.80. The number of rotatable bonds is 2. The standard InChI is InChI=1S/C24H21N5O2/c30-24(29-16-8-9-17(29)12-25-11-16)31-23-20-13-26-21(10-22(20)27-14-28-23)19-7-3-5-15-4-1-2-6-18(15)19/h1-7,10,13-14,16-17,25H,8-9,11-12H2. The summed E-state index contributed by atoms with van der Waals surface area (Å²) < 4.78 is 5.73. The van der Waals surface area contributed by atoms with Crippen molar-refractivity contribution in [2.75, 3.05) is 13.1 Å².